The third-order valence-electron chi connectivity index (χ3n) is 5.21. The average molecular weight is 319 g/mol. The molecule has 3 heteroatoms. The fraction of sp³-hybridized carbons (Fsp3) is 0.286. The van der Waals surface area contributed by atoms with Gasteiger partial charge in [-0.3, -0.25) is 4.79 Å². The normalized spacial score (nSPS) is 21.8. The standard InChI is InChI=1S/C21H21NO2/c1-12-7-13-3-6-18-17(19(13)9-15(12)11-22-2)5-4-14-8-16(23)10-20(24)21(14)18/h4-5,7-10,12,22,24H,3,6,11H2,1-2H3. The molecule has 0 radical (unpaired) electrons. The molecule has 2 N–H and O–H groups in total. The quantitative estimate of drug-likeness (QED) is 0.873. The molecule has 122 valence electrons. The van der Waals surface area contributed by atoms with Crippen LogP contribution >= 0.6 is 0 Å². The van der Waals surface area contributed by atoms with Crippen molar-refractivity contribution in [2.75, 3.05) is 13.6 Å². The molecule has 0 bridgehead atoms. The number of carbonyl (C=O) groups excluding carboxylic acids is 1. The highest BCUT2D eigenvalue weighted by Crippen LogP contribution is 2.33. The number of carbonyl (C=O) groups is 1. The van der Waals surface area contributed by atoms with E-state index in [2.05, 4.69) is 30.5 Å². The molecule has 0 aromatic heterocycles. The lowest BCUT2D eigenvalue weighted by Crippen LogP contribution is -2.30. The number of nitrogens with one attached hydrogen (secondary N) is 1. The molecular formula is C21H21NO2. The fourth-order valence-electron chi connectivity index (χ4n) is 4.06. The predicted molar refractivity (Wildman–Crippen MR) is 96.8 cm³/mol. The van der Waals surface area contributed by atoms with Crippen molar-refractivity contribution in [3.8, 4) is 0 Å². The molecule has 24 heavy (non-hydrogen) atoms. The van der Waals surface area contributed by atoms with Crippen molar-refractivity contribution in [3.63, 3.8) is 0 Å². The van der Waals surface area contributed by atoms with Gasteiger partial charge in [0, 0.05) is 18.2 Å². The summed E-state index contributed by atoms with van der Waals surface area (Å²) >= 11 is 0. The first kappa shape index (κ1) is 15.2. The van der Waals surface area contributed by atoms with Crippen molar-refractivity contribution in [3.05, 3.63) is 63.1 Å². The first-order valence-electron chi connectivity index (χ1n) is 8.47. The Morgan fingerprint density at radius 1 is 1.21 bits per heavy atom. The largest absolute Gasteiger partial charge is 0.507 e. The Kier molecular flexibility index (Phi) is 3.54. The number of allylic oxidation sites excluding steroid dienone is 4. The minimum atomic E-state index is -0.147. The van der Waals surface area contributed by atoms with Gasteiger partial charge in [-0.2, -0.15) is 0 Å². The highest BCUT2D eigenvalue weighted by atomic mass is 16.3. The summed E-state index contributed by atoms with van der Waals surface area (Å²) in [5.74, 6) is 0.410. The van der Waals surface area contributed by atoms with Gasteiger partial charge < -0.3 is 10.4 Å². The number of ketones is 1. The van der Waals surface area contributed by atoms with Crippen LogP contribution < -0.4 is 15.8 Å². The van der Waals surface area contributed by atoms with Crippen molar-refractivity contribution in [2.45, 2.75) is 19.8 Å². The van der Waals surface area contributed by atoms with Crippen LogP contribution in [0.15, 0.2) is 41.5 Å². The molecule has 1 aromatic carbocycles. The van der Waals surface area contributed by atoms with Crippen LogP contribution in [-0.4, -0.2) is 24.5 Å². The first-order valence-corrected chi connectivity index (χ1v) is 8.47. The molecule has 0 aliphatic heterocycles. The van der Waals surface area contributed by atoms with E-state index in [0.29, 0.717) is 5.92 Å². The number of hydrogen-bond donors (Lipinski definition) is 2. The maximum Gasteiger partial charge on any atom is 0.182 e. The summed E-state index contributed by atoms with van der Waals surface area (Å²) in [5, 5.41) is 15.6. The number of hydrogen-bond acceptors (Lipinski definition) is 3. The Morgan fingerprint density at radius 2 is 2.04 bits per heavy atom. The fourth-order valence-corrected chi connectivity index (χ4v) is 4.06. The molecular weight excluding hydrogens is 298 g/mol. The second-order valence-corrected chi connectivity index (χ2v) is 6.78. The van der Waals surface area contributed by atoms with Gasteiger partial charge in [-0.1, -0.05) is 31.2 Å². The van der Waals surface area contributed by atoms with Crippen LogP contribution in [0, 0.1) is 5.92 Å². The molecule has 0 spiro atoms. The van der Waals surface area contributed by atoms with Crippen molar-refractivity contribution < 1.29 is 9.90 Å². The van der Waals surface area contributed by atoms with E-state index >= 15 is 0 Å². The van der Waals surface area contributed by atoms with E-state index in [1.54, 1.807) is 6.08 Å². The summed E-state index contributed by atoms with van der Waals surface area (Å²) in [4.78, 5) is 11.7. The highest BCUT2D eigenvalue weighted by Gasteiger charge is 2.24. The molecule has 1 atom stereocenters. The lowest BCUT2D eigenvalue weighted by atomic mass is 9.78. The Bertz CT molecular complexity index is 960. The van der Waals surface area contributed by atoms with Gasteiger partial charge in [0.05, 0.1) is 0 Å². The van der Waals surface area contributed by atoms with Gasteiger partial charge in [-0.15, -0.1) is 0 Å². The first-order chi connectivity index (χ1) is 11.6. The van der Waals surface area contributed by atoms with Gasteiger partial charge >= 0.3 is 0 Å². The minimum Gasteiger partial charge on any atom is -0.507 e. The third kappa shape index (κ3) is 2.28. The van der Waals surface area contributed by atoms with Crippen LogP contribution in [0.3, 0.4) is 0 Å². The Hall–Kier alpha value is -2.39. The number of fused-ring (bicyclic) bond motifs is 4. The van der Waals surface area contributed by atoms with Crippen LogP contribution in [0.5, 0.6) is 0 Å². The van der Waals surface area contributed by atoms with Crippen molar-refractivity contribution in [1.29, 1.82) is 0 Å². The topological polar surface area (TPSA) is 49.3 Å². The predicted octanol–water partition coefficient (Wildman–Crippen LogP) is 1.77. The van der Waals surface area contributed by atoms with Gasteiger partial charge in [0.15, 0.2) is 5.78 Å². The summed E-state index contributed by atoms with van der Waals surface area (Å²) in [7, 11) is 1.97. The lowest BCUT2D eigenvalue weighted by Gasteiger charge is -2.27. The molecule has 1 aromatic rings. The Labute approximate surface area is 141 Å². The van der Waals surface area contributed by atoms with E-state index in [4.69, 9.17) is 0 Å². The van der Waals surface area contributed by atoms with Gasteiger partial charge in [0.2, 0.25) is 0 Å². The number of aliphatic hydroxyl groups is 1. The Morgan fingerprint density at radius 3 is 2.83 bits per heavy atom. The zero-order chi connectivity index (χ0) is 16.8. The molecule has 3 nitrogen and oxygen atoms in total. The number of benzene rings is 1. The second kappa shape index (κ2) is 5.60. The van der Waals surface area contributed by atoms with Crippen LogP contribution in [0.2, 0.25) is 0 Å². The third-order valence-corrected chi connectivity index (χ3v) is 5.21. The van der Waals surface area contributed by atoms with E-state index in [1.165, 1.54) is 28.0 Å². The molecule has 0 saturated heterocycles. The van der Waals surface area contributed by atoms with Gasteiger partial charge in [0.1, 0.15) is 5.76 Å². The van der Waals surface area contributed by atoms with Crippen LogP contribution in [0.4, 0.5) is 0 Å². The molecule has 3 aliphatic rings. The maximum absolute atomic E-state index is 11.7. The van der Waals surface area contributed by atoms with Crippen LogP contribution in [0.25, 0.3) is 17.4 Å². The SMILES string of the molecule is CNCC1=CC2=c3ccc4c(c3CCC2=CC1C)C(O)=CC(=O)C=4. The molecule has 0 saturated carbocycles. The Balaban J connectivity index is 2.01. The van der Waals surface area contributed by atoms with E-state index in [0.717, 1.165) is 35.7 Å². The maximum atomic E-state index is 11.7. The molecule has 0 amide bonds. The minimum absolute atomic E-state index is 0.103. The molecule has 0 fully saturated rings. The lowest BCUT2D eigenvalue weighted by molar-refractivity contribution is -0.109. The monoisotopic (exact) mass is 319 g/mol. The van der Waals surface area contributed by atoms with E-state index in [-0.39, 0.29) is 11.5 Å². The van der Waals surface area contributed by atoms with E-state index in [1.807, 2.05) is 13.1 Å². The summed E-state index contributed by atoms with van der Waals surface area (Å²) in [6, 6.07) is 4.05. The second-order valence-electron chi connectivity index (χ2n) is 6.78. The highest BCUT2D eigenvalue weighted by molar-refractivity contribution is 6.17. The summed E-state index contributed by atoms with van der Waals surface area (Å²) < 4.78 is 0. The van der Waals surface area contributed by atoms with Crippen molar-refractivity contribution in [2.24, 2.45) is 5.92 Å². The van der Waals surface area contributed by atoms with Crippen LogP contribution in [-0.2, 0) is 11.2 Å². The molecule has 1 unspecified atom stereocenters. The molecule has 0 heterocycles. The van der Waals surface area contributed by atoms with E-state index in [9.17, 15) is 9.90 Å². The van der Waals surface area contributed by atoms with Crippen LogP contribution in [0.1, 0.15) is 24.5 Å². The van der Waals surface area contributed by atoms with Gasteiger partial charge in [-0.25, -0.2) is 0 Å². The smallest absolute Gasteiger partial charge is 0.182 e. The average Bonchev–Trinajstić information content (AvgIpc) is 2.54. The number of aliphatic hydroxyl groups excluding tert-OH is 1. The molecule has 4 rings (SSSR count). The van der Waals surface area contributed by atoms with Gasteiger partial charge in [0.25, 0.3) is 0 Å². The zero-order valence-electron chi connectivity index (χ0n) is 14.0. The van der Waals surface area contributed by atoms with Crippen molar-refractivity contribution in [1.82, 2.24) is 5.32 Å². The van der Waals surface area contributed by atoms with E-state index < -0.39 is 0 Å². The van der Waals surface area contributed by atoms with Crippen molar-refractivity contribution >= 4 is 23.2 Å². The zero-order valence-corrected chi connectivity index (χ0v) is 14.0. The summed E-state index contributed by atoms with van der Waals surface area (Å²) in [6.45, 7) is 3.12. The molecule has 3 aliphatic carbocycles. The summed E-state index contributed by atoms with van der Waals surface area (Å²) in [5.41, 5.74) is 6.04. The number of rotatable bonds is 2. The summed E-state index contributed by atoms with van der Waals surface area (Å²) in [6.07, 6.45) is 9.49. The van der Waals surface area contributed by atoms with Gasteiger partial charge in [-0.05, 0) is 64.6 Å². The number of likely N-dealkylation sites (N-methyl/N-ethyl adjacent to an activating group) is 1.